The third kappa shape index (κ3) is 4.73. The van der Waals surface area contributed by atoms with Crippen molar-refractivity contribution >= 4 is 51.0 Å². The van der Waals surface area contributed by atoms with Gasteiger partial charge in [-0.2, -0.15) is 0 Å². The van der Waals surface area contributed by atoms with Gasteiger partial charge in [-0.3, -0.25) is 29.4 Å². The number of rotatable bonds is 7. The molecule has 0 fully saturated rings. The highest BCUT2D eigenvalue weighted by atomic mass is 79.9. The van der Waals surface area contributed by atoms with Crippen molar-refractivity contribution in [2.45, 2.75) is 19.1 Å². The highest BCUT2D eigenvalue weighted by Crippen LogP contribution is 2.30. The third-order valence-corrected chi connectivity index (χ3v) is 6.21. The Kier molecular flexibility index (Phi) is 6.93. The zero-order valence-corrected chi connectivity index (χ0v) is 20.3. The number of hydrogen-bond acceptors (Lipinski definition) is 7. The number of benzene rings is 3. The Morgan fingerprint density at radius 2 is 1.56 bits per heavy atom. The molecule has 0 unspecified atom stereocenters. The predicted octanol–water partition coefficient (Wildman–Crippen LogP) is 4.27. The van der Waals surface area contributed by atoms with Crippen molar-refractivity contribution in [3.8, 4) is 0 Å². The number of nitrogens with one attached hydrogen (secondary N) is 1. The van der Waals surface area contributed by atoms with E-state index in [2.05, 4.69) is 21.2 Å². The fourth-order valence-electron chi connectivity index (χ4n) is 3.70. The molecule has 4 rings (SSSR count). The summed E-state index contributed by atoms with van der Waals surface area (Å²) in [6.07, 6.45) is -1.43. The normalized spacial score (nSPS) is 14.1. The van der Waals surface area contributed by atoms with Crippen molar-refractivity contribution in [3.63, 3.8) is 0 Å². The van der Waals surface area contributed by atoms with E-state index in [9.17, 15) is 29.3 Å². The van der Waals surface area contributed by atoms with Crippen LogP contribution in [-0.2, 0) is 14.3 Å². The number of imide groups is 1. The second kappa shape index (κ2) is 10.1. The summed E-state index contributed by atoms with van der Waals surface area (Å²) < 4.78 is 5.77. The molecule has 0 aliphatic carbocycles. The standard InChI is InChI=1S/C25H18BrN3O7/c1-14(28-23(31)17-9-5-6-10-18(17)24(28)32)25(33)36-21(15-7-3-2-4-8-15)22(30)27-20-12-11-16(29(34)35)13-19(20)26/h2-14,21H,1H3,(H,27,30)/t14-,21-/m1/s1. The van der Waals surface area contributed by atoms with Gasteiger partial charge in [0.15, 0.2) is 0 Å². The van der Waals surface area contributed by atoms with E-state index in [4.69, 9.17) is 4.74 Å². The first-order chi connectivity index (χ1) is 17.2. The van der Waals surface area contributed by atoms with Crippen LogP contribution >= 0.6 is 15.9 Å². The molecule has 1 N–H and O–H groups in total. The number of nitrogens with zero attached hydrogens (tertiary/aromatic N) is 2. The second-order valence-electron chi connectivity index (χ2n) is 7.84. The summed E-state index contributed by atoms with van der Waals surface area (Å²) in [7, 11) is 0. The second-order valence-corrected chi connectivity index (χ2v) is 8.69. The van der Waals surface area contributed by atoms with Crippen LogP contribution in [0.15, 0.2) is 77.3 Å². The van der Waals surface area contributed by atoms with Gasteiger partial charge < -0.3 is 10.1 Å². The molecule has 0 bridgehead atoms. The van der Waals surface area contributed by atoms with Crippen LogP contribution in [-0.4, -0.2) is 39.6 Å². The number of carbonyl (C=O) groups excluding carboxylic acids is 4. The maximum absolute atomic E-state index is 13.2. The lowest BCUT2D eigenvalue weighted by Gasteiger charge is -2.24. The molecule has 3 aromatic rings. The lowest BCUT2D eigenvalue weighted by Crippen LogP contribution is -2.44. The van der Waals surface area contributed by atoms with Crippen LogP contribution in [0.1, 0.15) is 39.3 Å². The molecule has 0 radical (unpaired) electrons. The molecule has 10 nitrogen and oxygen atoms in total. The number of hydrogen-bond donors (Lipinski definition) is 1. The van der Waals surface area contributed by atoms with Gasteiger partial charge in [-0.1, -0.05) is 42.5 Å². The topological polar surface area (TPSA) is 136 Å². The first kappa shape index (κ1) is 24.7. The van der Waals surface area contributed by atoms with Crippen molar-refractivity contribution < 1.29 is 28.8 Å². The average Bonchev–Trinajstić information content (AvgIpc) is 3.13. The summed E-state index contributed by atoms with van der Waals surface area (Å²) in [5.74, 6) is -2.96. The Labute approximate surface area is 213 Å². The number of anilines is 1. The highest BCUT2D eigenvalue weighted by molar-refractivity contribution is 9.10. The lowest BCUT2D eigenvalue weighted by atomic mass is 10.1. The zero-order valence-electron chi connectivity index (χ0n) is 18.7. The van der Waals surface area contributed by atoms with Gasteiger partial charge >= 0.3 is 5.97 Å². The molecule has 3 aromatic carbocycles. The fraction of sp³-hybridized carbons (Fsp3) is 0.120. The summed E-state index contributed by atoms with van der Waals surface area (Å²) >= 11 is 3.19. The number of nitro benzene ring substituents is 1. The van der Waals surface area contributed by atoms with E-state index in [-0.39, 0.29) is 27.0 Å². The Morgan fingerprint density at radius 1 is 0.972 bits per heavy atom. The zero-order chi connectivity index (χ0) is 26.0. The molecule has 1 aliphatic heterocycles. The van der Waals surface area contributed by atoms with Crippen LogP contribution in [0.4, 0.5) is 11.4 Å². The predicted molar refractivity (Wildman–Crippen MR) is 131 cm³/mol. The Morgan fingerprint density at radius 3 is 2.11 bits per heavy atom. The quantitative estimate of drug-likeness (QED) is 0.200. The van der Waals surface area contributed by atoms with Gasteiger partial charge in [-0.25, -0.2) is 4.79 Å². The highest BCUT2D eigenvalue weighted by Gasteiger charge is 2.42. The molecule has 0 aromatic heterocycles. The monoisotopic (exact) mass is 551 g/mol. The largest absolute Gasteiger partial charge is 0.446 e. The minimum Gasteiger partial charge on any atom is -0.446 e. The lowest BCUT2D eigenvalue weighted by molar-refractivity contribution is -0.384. The van der Waals surface area contributed by atoms with Crippen molar-refractivity contribution in [3.05, 3.63) is 104 Å². The first-order valence-corrected chi connectivity index (χ1v) is 11.5. The smallest absolute Gasteiger partial charge is 0.330 e. The van der Waals surface area contributed by atoms with Gasteiger partial charge in [-0.05, 0) is 41.1 Å². The Balaban J connectivity index is 1.57. The molecular formula is C25H18BrN3O7. The summed E-state index contributed by atoms with van der Waals surface area (Å²) in [6, 6.07) is 16.9. The minimum absolute atomic E-state index is 0.180. The van der Waals surface area contributed by atoms with E-state index < -0.39 is 40.8 Å². The molecule has 1 heterocycles. The molecule has 0 saturated carbocycles. The van der Waals surface area contributed by atoms with Crippen LogP contribution in [0.5, 0.6) is 0 Å². The molecule has 2 atom stereocenters. The van der Waals surface area contributed by atoms with Crippen molar-refractivity contribution in [1.29, 1.82) is 0 Å². The third-order valence-electron chi connectivity index (χ3n) is 5.55. The molecule has 0 saturated heterocycles. The van der Waals surface area contributed by atoms with Crippen LogP contribution in [0.2, 0.25) is 0 Å². The van der Waals surface area contributed by atoms with E-state index in [0.717, 1.165) is 4.90 Å². The average molecular weight is 552 g/mol. The molecule has 36 heavy (non-hydrogen) atoms. The van der Waals surface area contributed by atoms with Gasteiger partial charge in [0.2, 0.25) is 6.10 Å². The van der Waals surface area contributed by atoms with E-state index in [1.165, 1.54) is 37.3 Å². The van der Waals surface area contributed by atoms with E-state index >= 15 is 0 Å². The number of ether oxygens (including phenoxy) is 1. The van der Waals surface area contributed by atoms with E-state index in [0.29, 0.717) is 5.56 Å². The van der Waals surface area contributed by atoms with Crippen LogP contribution in [0, 0.1) is 10.1 Å². The summed E-state index contributed by atoms with van der Waals surface area (Å²) in [6.45, 7) is 1.34. The molecule has 1 aliphatic rings. The summed E-state index contributed by atoms with van der Waals surface area (Å²) in [5, 5.41) is 13.6. The number of nitro groups is 1. The van der Waals surface area contributed by atoms with Crippen LogP contribution in [0.3, 0.4) is 0 Å². The van der Waals surface area contributed by atoms with Gasteiger partial charge in [-0.15, -0.1) is 0 Å². The number of halogens is 1. The molecule has 11 heteroatoms. The Hall–Kier alpha value is -4.38. The number of amides is 3. The molecule has 0 spiro atoms. The van der Waals surface area contributed by atoms with Crippen LogP contribution < -0.4 is 5.32 Å². The maximum atomic E-state index is 13.2. The molecular weight excluding hydrogens is 534 g/mol. The number of esters is 1. The maximum Gasteiger partial charge on any atom is 0.330 e. The Bertz CT molecular complexity index is 1360. The van der Waals surface area contributed by atoms with E-state index in [1.807, 2.05) is 0 Å². The van der Waals surface area contributed by atoms with E-state index in [1.54, 1.807) is 42.5 Å². The van der Waals surface area contributed by atoms with Gasteiger partial charge in [0, 0.05) is 22.2 Å². The molecule has 182 valence electrons. The van der Waals surface area contributed by atoms with Gasteiger partial charge in [0.05, 0.1) is 21.7 Å². The van der Waals surface area contributed by atoms with Crippen molar-refractivity contribution in [1.82, 2.24) is 4.90 Å². The first-order valence-electron chi connectivity index (χ1n) is 10.7. The SMILES string of the molecule is C[C@H](C(=O)O[C@@H](C(=O)Nc1ccc([N+](=O)[O-])cc1Br)c1ccccc1)N1C(=O)c2ccccc2C1=O. The number of non-ortho nitro benzene ring substituents is 1. The summed E-state index contributed by atoms with van der Waals surface area (Å²) in [5.41, 5.74) is 0.748. The van der Waals surface area contributed by atoms with Gasteiger partial charge in [0.1, 0.15) is 6.04 Å². The minimum atomic E-state index is -1.43. The van der Waals surface area contributed by atoms with Gasteiger partial charge in [0.25, 0.3) is 23.4 Å². The fourth-order valence-corrected chi connectivity index (χ4v) is 4.16. The summed E-state index contributed by atoms with van der Waals surface area (Å²) in [4.78, 5) is 63.0. The number of carbonyl (C=O) groups is 4. The molecule has 3 amide bonds. The van der Waals surface area contributed by atoms with Crippen molar-refractivity contribution in [2.24, 2.45) is 0 Å². The van der Waals surface area contributed by atoms with Crippen LogP contribution in [0.25, 0.3) is 0 Å². The number of fused-ring (bicyclic) bond motifs is 1. The van der Waals surface area contributed by atoms with Crippen molar-refractivity contribution in [2.75, 3.05) is 5.32 Å².